The predicted molar refractivity (Wildman–Crippen MR) is 96.8 cm³/mol. The fraction of sp³-hybridized carbons (Fsp3) is 0.263. The van der Waals surface area contributed by atoms with Crippen LogP contribution >= 0.6 is 0 Å². The van der Waals surface area contributed by atoms with Crippen molar-refractivity contribution >= 4 is 5.97 Å². The topological polar surface area (TPSA) is 69.9 Å². The summed E-state index contributed by atoms with van der Waals surface area (Å²) in [6.45, 7) is 7.83. The van der Waals surface area contributed by atoms with E-state index in [0.717, 1.165) is 11.1 Å². The monoisotopic (exact) mass is 338 g/mol. The Morgan fingerprint density at radius 1 is 1.00 bits per heavy atom. The molecule has 0 bridgehead atoms. The van der Waals surface area contributed by atoms with E-state index < -0.39 is 5.97 Å². The maximum atomic E-state index is 12.0. The third-order valence-electron chi connectivity index (χ3n) is 3.59. The number of tetrazole rings is 1. The zero-order valence-electron chi connectivity index (χ0n) is 15.1. The van der Waals surface area contributed by atoms with Gasteiger partial charge in [-0.25, -0.2) is 4.79 Å². The number of hydrogen-bond acceptors (Lipinski definition) is 5. The molecule has 0 atom stereocenters. The van der Waals surface area contributed by atoms with Gasteiger partial charge in [0.2, 0.25) is 0 Å². The second kappa shape index (κ2) is 8.19. The van der Waals surface area contributed by atoms with Crippen molar-refractivity contribution in [3.05, 3.63) is 59.4 Å². The van der Waals surface area contributed by atoms with E-state index in [1.54, 1.807) is 23.7 Å². The van der Waals surface area contributed by atoms with Crippen molar-refractivity contribution in [2.45, 2.75) is 27.7 Å². The van der Waals surface area contributed by atoms with E-state index in [4.69, 9.17) is 4.74 Å². The van der Waals surface area contributed by atoms with E-state index in [1.165, 1.54) is 12.7 Å². The molecule has 0 amide bonds. The molecule has 1 aromatic heterocycles. The zero-order chi connectivity index (χ0) is 18.4. The summed E-state index contributed by atoms with van der Waals surface area (Å²) in [6.07, 6.45) is 0. The maximum Gasteiger partial charge on any atom is 0.337 e. The number of aryl methyl sites for hydroxylation is 2. The molecule has 3 rings (SSSR count). The highest BCUT2D eigenvalue weighted by Gasteiger charge is 2.13. The Bertz CT molecular complexity index is 854. The van der Waals surface area contributed by atoms with Crippen LogP contribution in [0.15, 0.2) is 42.5 Å². The molecule has 0 aliphatic rings. The molecule has 0 unspecified atom stereocenters. The Hall–Kier alpha value is -3.02. The average Bonchev–Trinajstić information content (AvgIpc) is 3.09. The van der Waals surface area contributed by atoms with E-state index in [9.17, 15) is 4.79 Å². The number of rotatable bonds is 3. The summed E-state index contributed by atoms with van der Waals surface area (Å²) in [5.41, 5.74) is 4.25. The number of benzene rings is 2. The van der Waals surface area contributed by atoms with Crippen LogP contribution in [0.3, 0.4) is 0 Å². The lowest BCUT2D eigenvalue weighted by molar-refractivity contribution is 0.0600. The summed E-state index contributed by atoms with van der Waals surface area (Å²) in [7, 11) is 1.36. The minimum Gasteiger partial charge on any atom is -0.465 e. The third-order valence-corrected chi connectivity index (χ3v) is 3.59. The highest BCUT2D eigenvalue weighted by molar-refractivity contribution is 5.92. The van der Waals surface area contributed by atoms with Crippen molar-refractivity contribution in [3.63, 3.8) is 0 Å². The second-order valence-corrected chi connectivity index (χ2v) is 5.26. The molecule has 25 heavy (non-hydrogen) atoms. The van der Waals surface area contributed by atoms with Crippen molar-refractivity contribution in [1.82, 2.24) is 20.2 Å². The standard InChI is InChI=1S/C17H16N4O2.C2H6/c1-11-4-6-13(7-5-11)14-8-15(17(22)23-3)10-16(9-14)21-12(2)18-19-20-21;1-2/h4-10H,1-3H3;1-2H3. The van der Waals surface area contributed by atoms with Crippen LogP contribution in [0.2, 0.25) is 0 Å². The first kappa shape index (κ1) is 18.3. The van der Waals surface area contributed by atoms with Crippen LogP contribution in [-0.2, 0) is 4.74 Å². The molecular weight excluding hydrogens is 316 g/mol. The molecule has 0 aliphatic carbocycles. The van der Waals surface area contributed by atoms with Gasteiger partial charge in [0, 0.05) is 0 Å². The Morgan fingerprint density at radius 3 is 2.24 bits per heavy atom. The molecule has 0 fully saturated rings. The minimum atomic E-state index is -0.397. The van der Waals surface area contributed by atoms with Gasteiger partial charge in [0.25, 0.3) is 0 Å². The molecule has 0 saturated carbocycles. The normalized spacial score (nSPS) is 9.96. The van der Waals surface area contributed by atoms with Gasteiger partial charge in [-0.1, -0.05) is 43.7 Å². The number of esters is 1. The lowest BCUT2D eigenvalue weighted by Crippen LogP contribution is -2.06. The van der Waals surface area contributed by atoms with Crippen LogP contribution < -0.4 is 0 Å². The van der Waals surface area contributed by atoms with Crippen LogP contribution in [0.1, 0.15) is 35.6 Å². The largest absolute Gasteiger partial charge is 0.465 e. The fourth-order valence-corrected chi connectivity index (χ4v) is 2.35. The molecule has 2 aromatic carbocycles. The summed E-state index contributed by atoms with van der Waals surface area (Å²) in [6, 6.07) is 13.6. The summed E-state index contributed by atoms with van der Waals surface area (Å²) in [5.74, 6) is 0.243. The average molecular weight is 338 g/mol. The Morgan fingerprint density at radius 2 is 1.68 bits per heavy atom. The van der Waals surface area contributed by atoms with Gasteiger partial charge in [0.15, 0.2) is 5.82 Å². The number of carbonyl (C=O) groups excluding carboxylic acids is 1. The third kappa shape index (κ3) is 4.09. The van der Waals surface area contributed by atoms with Crippen molar-refractivity contribution in [2.24, 2.45) is 0 Å². The van der Waals surface area contributed by atoms with Gasteiger partial charge in [0.1, 0.15) is 0 Å². The van der Waals surface area contributed by atoms with E-state index in [0.29, 0.717) is 17.1 Å². The molecule has 0 spiro atoms. The van der Waals surface area contributed by atoms with Gasteiger partial charge in [-0.05, 0) is 53.6 Å². The molecule has 3 aromatic rings. The predicted octanol–water partition coefficient (Wildman–Crippen LogP) is 3.76. The molecule has 6 nitrogen and oxygen atoms in total. The van der Waals surface area contributed by atoms with Gasteiger partial charge in [0.05, 0.1) is 18.4 Å². The van der Waals surface area contributed by atoms with Gasteiger partial charge < -0.3 is 4.74 Å². The van der Waals surface area contributed by atoms with E-state index >= 15 is 0 Å². The Labute approximate surface area is 147 Å². The highest BCUT2D eigenvalue weighted by atomic mass is 16.5. The van der Waals surface area contributed by atoms with Crippen molar-refractivity contribution in [1.29, 1.82) is 0 Å². The first-order valence-corrected chi connectivity index (χ1v) is 8.14. The molecule has 130 valence electrons. The smallest absolute Gasteiger partial charge is 0.337 e. The number of ether oxygens (including phenoxy) is 1. The Balaban J connectivity index is 0.00000109. The van der Waals surface area contributed by atoms with Gasteiger partial charge in [-0.15, -0.1) is 5.10 Å². The van der Waals surface area contributed by atoms with Crippen LogP contribution in [0.25, 0.3) is 16.8 Å². The quantitative estimate of drug-likeness (QED) is 0.680. The van der Waals surface area contributed by atoms with Gasteiger partial charge in [-0.2, -0.15) is 4.68 Å². The summed E-state index contributed by atoms with van der Waals surface area (Å²) >= 11 is 0. The van der Waals surface area contributed by atoms with E-state index in [2.05, 4.69) is 15.5 Å². The maximum absolute atomic E-state index is 12.0. The minimum absolute atomic E-state index is 0.397. The number of carbonyl (C=O) groups is 1. The van der Waals surface area contributed by atoms with E-state index in [-0.39, 0.29) is 0 Å². The van der Waals surface area contributed by atoms with Crippen LogP contribution in [0, 0.1) is 13.8 Å². The molecule has 1 heterocycles. The van der Waals surface area contributed by atoms with Crippen LogP contribution in [0.4, 0.5) is 0 Å². The Kier molecular flexibility index (Phi) is 6.00. The van der Waals surface area contributed by atoms with Crippen LogP contribution in [-0.4, -0.2) is 33.3 Å². The first-order valence-electron chi connectivity index (χ1n) is 8.14. The number of aromatic nitrogens is 4. The van der Waals surface area contributed by atoms with Crippen LogP contribution in [0.5, 0.6) is 0 Å². The molecule has 0 aliphatic heterocycles. The second-order valence-electron chi connectivity index (χ2n) is 5.26. The first-order chi connectivity index (χ1) is 12.1. The highest BCUT2D eigenvalue weighted by Crippen LogP contribution is 2.25. The number of hydrogen-bond donors (Lipinski definition) is 0. The van der Waals surface area contributed by atoms with Gasteiger partial charge in [-0.3, -0.25) is 0 Å². The fourth-order valence-electron chi connectivity index (χ4n) is 2.35. The van der Waals surface area contributed by atoms with Gasteiger partial charge >= 0.3 is 5.97 Å². The summed E-state index contributed by atoms with van der Waals surface area (Å²) in [4.78, 5) is 12.0. The van der Waals surface area contributed by atoms with Crippen molar-refractivity contribution < 1.29 is 9.53 Å². The zero-order valence-corrected chi connectivity index (χ0v) is 15.1. The van der Waals surface area contributed by atoms with Crippen molar-refractivity contribution in [2.75, 3.05) is 7.11 Å². The van der Waals surface area contributed by atoms with E-state index in [1.807, 2.05) is 51.1 Å². The lowest BCUT2D eigenvalue weighted by Gasteiger charge is -2.10. The molecular formula is C19H22N4O2. The molecule has 0 N–H and O–H groups in total. The molecule has 6 heteroatoms. The molecule has 0 saturated heterocycles. The summed E-state index contributed by atoms with van der Waals surface area (Å²) in [5, 5.41) is 11.5. The SMILES string of the molecule is CC.COC(=O)c1cc(-c2ccc(C)cc2)cc(-n2nnnc2C)c1. The molecule has 0 radical (unpaired) electrons. The lowest BCUT2D eigenvalue weighted by atomic mass is 10.0. The summed E-state index contributed by atoms with van der Waals surface area (Å²) < 4.78 is 6.44. The number of nitrogens with zero attached hydrogens (tertiary/aromatic N) is 4. The number of methoxy groups -OCH3 is 1. The van der Waals surface area contributed by atoms with Crippen molar-refractivity contribution in [3.8, 4) is 16.8 Å².